The van der Waals surface area contributed by atoms with Gasteiger partial charge in [-0.1, -0.05) is 63.4 Å². The van der Waals surface area contributed by atoms with Gasteiger partial charge in [-0.25, -0.2) is 8.42 Å². The predicted octanol–water partition coefficient (Wildman–Crippen LogP) is 5.57. The summed E-state index contributed by atoms with van der Waals surface area (Å²) in [5.41, 5.74) is 19.8. The van der Waals surface area contributed by atoms with Crippen molar-refractivity contribution >= 4 is 70.0 Å². The maximum absolute atomic E-state index is 12.5. The molecule has 2 aromatic heterocycles. The molecule has 0 bridgehead atoms. The van der Waals surface area contributed by atoms with Crippen molar-refractivity contribution in [2.24, 2.45) is 5.73 Å². The summed E-state index contributed by atoms with van der Waals surface area (Å²) in [5.74, 6) is -2.31. The van der Waals surface area contributed by atoms with Crippen molar-refractivity contribution < 1.29 is 46.8 Å². The molecule has 8 rings (SSSR count). The van der Waals surface area contributed by atoms with Gasteiger partial charge < -0.3 is 51.3 Å². The van der Waals surface area contributed by atoms with Crippen LogP contribution < -0.4 is 32.3 Å². The van der Waals surface area contributed by atoms with Crippen LogP contribution in [0.4, 0.5) is 40.6 Å². The molecule has 2 atom stereocenters. The summed E-state index contributed by atoms with van der Waals surface area (Å²) < 4.78 is 45.1. The number of ether oxygens (including phenoxy) is 4. The van der Waals surface area contributed by atoms with Crippen molar-refractivity contribution in [3.63, 3.8) is 0 Å². The zero-order chi connectivity index (χ0) is 58.2. The van der Waals surface area contributed by atoms with Gasteiger partial charge in [-0.2, -0.15) is 19.9 Å². The fourth-order valence-electron chi connectivity index (χ4n) is 9.40. The van der Waals surface area contributed by atoms with E-state index in [-0.39, 0.29) is 77.2 Å². The second-order valence-electron chi connectivity index (χ2n) is 19.3. The van der Waals surface area contributed by atoms with Crippen molar-refractivity contribution in [3.8, 4) is 0 Å². The van der Waals surface area contributed by atoms with Crippen molar-refractivity contribution in [1.29, 1.82) is 5.31 Å². The van der Waals surface area contributed by atoms with E-state index in [4.69, 9.17) is 41.5 Å². The van der Waals surface area contributed by atoms with Crippen LogP contribution in [0.2, 0.25) is 0 Å². The summed E-state index contributed by atoms with van der Waals surface area (Å²) in [6.45, 7) is 11.8. The molecule has 2 aromatic carbocycles. The van der Waals surface area contributed by atoms with Crippen LogP contribution in [0, 0.1) is 25.5 Å². The molecular weight excluding hydrogens is 1080 g/mol. The quantitative estimate of drug-likeness (QED) is 0.0199. The molecule has 6 heterocycles. The number of anilines is 5. The van der Waals surface area contributed by atoms with Gasteiger partial charge in [0.1, 0.15) is 13.1 Å². The number of nitro groups is 2. The Morgan fingerprint density at radius 2 is 1.15 bits per heavy atom. The summed E-state index contributed by atoms with van der Waals surface area (Å²) in [6, 6.07) is 15.6. The number of likely N-dealkylation sites (tertiary alicyclic amines) is 2. The second kappa shape index (κ2) is 35.1. The number of sulfone groups is 1. The molecule has 29 heteroatoms. The predicted molar refractivity (Wildman–Crippen MR) is 314 cm³/mol. The first-order valence-electron chi connectivity index (χ1n) is 26.7. The summed E-state index contributed by atoms with van der Waals surface area (Å²) >= 11 is 0. The van der Waals surface area contributed by atoms with E-state index in [0.717, 1.165) is 106 Å². The number of carbonyl (C=O) groups excluding carboxylic acids is 2. The number of nitrogen functional groups attached to an aromatic ring is 2. The Kier molecular flexibility index (Phi) is 29.6. The maximum atomic E-state index is 12.5. The molecule has 27 nitrogen and oxygen atoms in total. The molecule has 2 unspecified atom stereocenters. The van der Waals surface area contributed by atoms with E-state index in [1.54, 1.807) is 13.8 Å². The topological polar surface area (TPSA) is 370 Å². The Labute approximate surface area is 482 Å². The SMILES string of the molecule is C.C.CCOC(=O)CN(Cc1cccc(CN2CCCC2)c1)c1nc(NCC2CCCO2)nc(N)c1[N+](=O)[O-].CCOC(=O)CN(Cc1cccc(CN2CCCC2)c1)c1nc(S(C)(=O)=O)nc(N)c1[N+](=O)[O-].NCC1CCCO1.[B]=N. The number of nitrogens with two attached hydrogens (primary N) is 3. The van der Waals surface area contributed by atoms with Gasteiger partial charge in [0.15, 0.2) is 0 Å². The van der Waals surface area contributed by atoms with Crippen LogP contribution in [-0.4, -0.2) is 165 Å². The van der Waals surface area contributed by atoms with E-state index in [9.17, 15) is 38.2 Å². The van der Waals surface area contributed by atoms with Gasteiger partial charge in [0.25, 0.3) is 5.16 Å². The molecule has 8 N–H and O–H groups in total. The van der Waals surface area contributed by atoms with E-state index >= 15 is 0 Å². The third-order valence-corrected chi connectivity index (χ3v) is 13.9. The Hall–Kier alpha value is -7.05. The first-order chi connectivity index (χ1) is 38.4. The van der Waals surface area contributed by atoms with Crippen molar-refractivity contribution in [3.05, 3.63) is 91.0 Å². The third kappa shape index (κ3) is 21.7. The van der Waals surface area contributed by atoms with Gasteiger partial charge in [0.05, 0.1) is 35.3 Å². The molecule has 0 aliphatic carbocycles. The fourth-order valence-corrected chi connectivity index (χ4v) is 9.92. The molecule has 4 saturated heterocycles. The number of nitrogens with one attached hydrogen (secondary N) is 2. The van der Waals surface area contributed by atoms with Crippen LogP contribution in [0.15, 0.2) is 53.7 Å². The molecule has 4 aliphatic heterocycles. The third-order valence-electron chi connectivity index (χ3n) is 13.0. The number of carbonyl (C=O) groups is 2. The standard InChI is InChI=1S/C25H35N7O5.C21H28N6O6S.C5H11NO.2CH4.BHN/c1-2-36-21(33)17-31(16-19-8-5-7-18(13-19)15-30-10-3-4-11-30)24-22(32(34)35)23(26)28-25(29-24)27-14-20-9-6-12-37-20;1-3-33-17(28)14-26(13-16-8-6-7-15(11-16)12-25-9-4-5-10-25)20-18(27(29)30)19(22)23-21(24-20)34(2,31)32;6-4-5-2-1-3-7-5;;;1-2/h5,7-8,13,20H,2-4,6,9-12,14-17H2,1H3,(H3,26,27,28,29);6-8,11H,3-5,9-10,12-14H2,1-2H3,(H2,22,23,24);5H,1-4,6H2;2*1H4;2H. The van der Waals surface area contributed by atoms with Gasteiger partial charge in [-0.15, -0.1) is 0 Å². The Bertz CT molecular complexity index is 2780. The molecule has 4 fully saturated rings. The van der Waals surface area contributed by atoms with Crippen molar-refractivity contribution in [1.82, 2.24) is 29.7 Å². The number of nitrogens with zero attached hydrogens (tertiary/aromatic N) is 10. The Morgan fingerprint density at radius 3 is 1.54 bits per heavy atom. The Morgan fingerprint density at radius 1 is 0.720 bits per heavy atom. The first-order valence-corrected chi connectivity index (χ1v) is 28.5. The molecule has 0 saturated carbocycles. The Balaban J connectivity index is 0.000000366. The molecule has 451 valence electrons. The monoisotopic (exact) mass is 1160 g/mol. The van der Waals surface area contributed by atoms with Crippen molar-refractivity contribution in [2.75, 3.05) is 112 Å². The molecule has 0 amide bonds. The number of hydrogen-bond acceptors (Lipinski definition) is 25. The van der Waals surface area contributed by atoms with Gasteiger partial charge in [-0.05, 0) is 114 Å². The average Bonchev–Trinajstić information content (AvgIpc) is 4.43. The second-order valence-corrected chi connectivity index (χ2v) is 21.2. The molecule has 82 heavy (non-hydrogen) atoms. The van der Waals surface area contributed by atoms with E-state index in [1.807, 2.05) is 36.4 Å². The van der Waals surface area contributed by atoms with Crippen LogP contribution in [-0.2, 0) is 64.6 Å². The van der Waals surface area contributed by atoms with Crippen LogP contribution >= 0.6 is 0 Å². The number of hydrogen-bond donors (Lipinski definition) is 5. The van der Waals surface area contributed by atoms with Crippen LogP contribution in [0.25, 0.3) is 0 Å². The molecule has 4 aliphatic rings. The van der Waals surface area contributed by atoms with E-state index in [0.29, 0.717) is 25.8 Å². The fraction of sp³-hybridized carbons (Fsp3) is 0.585. The number of esters is 2. The summed E-state index contributed by atoms with van der Waals surface area (Å²) in [4.78, 5) is 70.8. The summed E-state index contributed by atoms with van der Waals surface area (Å²) in [6.07, 6.45) is 10.2. The van der Waals surface area contributed by atoms with Crippen LogP contribution in [0.1, 0.15) is 102 Å². The average molecular weight is 1170 g/mol. The molecular formula is C53H83BN15O12S. The van der Waals surface area contributed by atoms with E-state index < -0.39 is 60.5 Å². The zero-order valence-corrected chi connectivity index (χ0v) is 46.6. The van der Waals surface area contributed by atoms with Gasteiger partial charge in [-0.3, -0.25) is 39.6 Å². The minimum absolute atomic E-state index is 0. The van der Waals surface area contributed by atoms with E-state index in [1.165, 1.54) is 29.1 Å². The number of benzene rings is 2. The van der Waals surface area contributed by atoms with Gasteiger partial charge in [0.2, 0.25) is 39.1 Å². The zero-order valence-electron chi connectivity index (χ0n) is 45.8. The molecule has 1 radical (unpaired) electrons. The summed E-state index contributed by atoms with van der Waals surface area (Å²) in [5, 5.41) is 31.4. The van der Waals surface area contributed by atoms with Crippen LogP contribution in [0.5, 0.6) is 0 Å². The van der Waals surface area contributed by atoms with Gasteiger partial charge >= 0.3 is 36.3 Å². The number of rotatable bonds is 23. The van der Waals surface area contributed by atoms with Crippen molar-refractivity contribution in [2.45, 2.75) is 124 Å². The molecule has 0 spiro atoms. The van der Waals surface area contributed by atoms with Crippen LogP contribution in [0.3, 0.4) is 0 Å². The minimum atomic E-state index is -3.93. The normalized spacial score (nSPS) is 16.5. The first kappa shape index (κ1) is 69.2. The van der Waals surface area contributed by atoms with E-state index in [2.05, 4.69) is 54.8 Å². The summed E-state index contributed by atoms with van der Waals surface area (Å²) in [7, 11) is -0.179. The van der Waals surface area contributed by atoms with Gasteiger partial charge in [0, 0.05) is 58.7 Å². The number of aromatic nitrogens is 4. The molecule has 4 aromatic rings.